The molecule has 8 heteroatoms. The molecule has 2 aromatic carbocycles. The molecule has 3 aromatic rings. The molecule has 0 N–H and O–H groups in total. The number of carbonyl (C=O) groups is 1. The molecule has 0 bridgehead atoms. The summed E-state index contributed by atoms with van der Waals surface area (Å²) >= 11 is 6.39. The van der Waals surface area contributed by atoms with E-state index in [4.69, 9.17) is 4.74 Å². The quantitative estimate of drug-likeness (QED) is 0.366. The maximum atomic E-state index is 13.5. The Kier molecular flexibility index (Phi) is 6.83. The Bertz CT molecular complexity index is 1370. The highest BCUT2D eigenvalue weighted by Crippen LogP contribution is 2.31. The zero-order valence-corrected chi connectivity index (χ0v) is 21.0. The van der Waals surface area contributed by atoms with Crippen molar-refractivity contribution in [2.45, 2.75) is 24.8 Å². The van der Waals surface area contributed by atoms with Gasteiger partial charge in [0.15, 0.2) is 4.80 Å². The van der Waals surface area contributed by atoms with E-state index in [9.17, 15) is 9.59 Å². The molecule has 1 aliphatic heterocycles. The van der Waals surface area contributed by atoms with Crippen molar-refractivity contribution in [2.24, 2.45) is 4.99 Å². The van der Waals surface area contributed by atoms with Gasteiger partial charge in [0.2, 0.25) is 0 Å². The van der Waals surface area contributed by atoms with Crippen molar-refractivity contribution in [3.8, 4) is 0 Å². The molecule has 0 amide bonds. The number of halogens is 1. The van der Waals surface area contributed by atoms with E-state index >= 15 is 0 Å². The van der Waals surface area contributed by atoms with Gasteiger partial charge in [-0.2, -0.15) is 0 Å². The summed E-state index contributed by atoms with van der Waals surface area (Å²) in [5, 5.41) is 0. The minimum absolute atomic E-state index is 0.176. The number of thiazole rings is 1. The van der Waals surface area contributed by atoms with Crippen molar-refractivity contribution in [3.63, 3.8) is 0 Å². The minimum Gasteiger partial charge on any atom is -0.463 e. The number of benzene rings is 2. The number of ether oxygens (including phenoxy) is 1. The lowest BCUT2D eigenvalue weighted by Crippen LogP contribution is -2.39. The SMILES string of the molecule is CCOC(=O)C1=C(C)N=c2s/c(=C\c3ccc(Br)cc3)c(=O)n2C1c1ccc(SC)cc1. The van der Waals surface area contributed by atoms with E-state index in [0.29, 0.717) is 20.6 Å². The van der Waals surface area contributed by atoms with Crippen molar-refractivity contribution in [1.82, 2.24) is 4.57 Å². The molecular weight excluding hydrogens is 508 g/mol. The van der Waals surface area contributed by atoms with Crippen molar-refractivity contribution in [1.29, 1.82) is 0 Å². The molecule has 5 nitrogen and oxygen atoms in total. The van der Waals surface area contributed by atoms with Crippen molar-refractivity contribution >= 4 is 51.1 Å². The molecule has 164 valence electrons. The third kappa shape index (κ3) is 4.40. The summed E-state index contributed by atoms with van der Waals surface area (Å²) < 4.78 is 8.48. The van der Waals surface area contributed by atoms with Gasteiger partial charge in [0, 0.05) is 9.37 Å². The molecule has 0 saturated heterocycles. The van der Waals surface area contributed by atoms with E-state index in [1.54, 1.807) is 30.2 Å². The first-order chi connectivity index (χ1) is 15.4. The van der Waals surface area contributed by atoms with Gasteiger partial charge in [-0.3, -0.25) is 9.36 Å². The Morgan fingerprint density at radius 1 is 1.22 bits per heavy atom. The molecule has 0 spiro atoms. The molecule has 0 aliphatic carbocycles. The summed E-state index contributed by atoms with van der Waals surface area (Å²) in [6.45, 7) is 3.81. The molecule has 4 rings (SSSR count). The molecule has 1 aliphatic rings. The number of allylic oxidation sites excluding steroid dienone is 1. The van der Waals surface area contributed by atoms with Crippen LogP contribution in [-0.2, 0) is 9.53 Å². The second-order valence-electron chi connectivity index (χ2n) is 7.13. The van der Waals surface area contributed by atoms with E-state index < -0.39 is 12.0 Å². The number of esters is 1. The van der Waals surface area contributed by atoms with Crippen LogP contribution in [0.4, 0.5) is 0 Å². The molecule has 0 radical (unpaired) electrons. The Labute approximate surface area is 202 Å². The fourth-order valence-corrected chi connectivity index (χ4v) is 5.32. The van der Waals surface area contributed by atoms with E-state index in [1.807, 2.05) is 60.9 Å². The normalized spacial score (nSPS) is 16.0. The molecule has 0 saturated carbocycles. The van der Waals surface area contributed by atoms with Gasteiger partial charge in [-0.1, -0.05) is 51.5 Å². The molecule has 1 unspecified atom stereocenters. The topological polar surface area (TPSA) is 60.7 Å². The van der Waals surface area contributed by atoms with Crippen LogP contribution in [-0.4, -0.2) is 23.4 Å². The van der Waals surface area contributed by atoms with Crippen LogP contribution in [0.15, 0.2) is 79.0 Å². The van der Waals surface area contributed by atoms with E-state index in [-0.39, 0.29) is 12.2 Å². The van der Waals surface area contributed by atoms with E-state index in [2.05, 4.69) is 20.9 Å². The zero-order chi connectivity index (χ0) is 22.8. The van der Waals surface area contributed by atoms with Crippen LogP contribution in [0.1, 0.15) is 31.0 Å². The highest BCUT2D eigenvalue weighted by Gasteiger charge is 2.33. The number of fused-ring (bicyclic) bond motifs is 1. The lowest BCUT2D eigenvalue weighted by atomic mass is 9.96. The highest BCUT2D eigenvalue weighted by atomic mass is 79.9. The second-order valence-corrected chi connectivity index (χ2v) is 9.93. The molecule has 32 heavy (non-hydrogen) atoms. The number of nitrogens with zero attached hydrogens (tertiary/aromatic N) is 2. The number of rotatable bonds is 5. The summed E-state index contributed by atoms with van der Waals surface area (Å²) in [6.07, 6.45) is 3.86. The molecule has 1 aromatic heterocycles. The lowest BCUT2D eigenvalue weighted by Gasteiger charge is -2.24. The van der Waals surface area contributed by atoms with Gasteiger partial charge < -0.3 is 4.74 Å². The van der Waals surface area contributed by atoms with Crippen LogP contribution in [0, 0.1) is 0 Å². The monoisotopic (exact) mass is 528 g/mol. The summed E-state index contributed by atoms with van der Waals surface area (Å²) in [5.74, 6) is -0.449. The van der Waals surface area contributed by atoms with E-state index in [1.165, 1.54) is 11.3 Å². The van der Waals surface area contributed by atoms with Crippen molar-refractivity contribution < 1.29 is 9.53 Å². The number of hydrogen-bond acceptors (Lipinski definition) is 6. The predicted molar refractivity (Wildman–Crippen MR) is 133 cm³/mol. The fraction of sp³-hybridized carbons (Fsp3) is 0.208. The van der Waals surface area contributed by atoms with Gasteiger partial charge >= 0.3 is 5.97 Å². The first-order valence-electron chi connectivity index (χ1n) is 10.0. The minimum atomic E-state index is -0.590. The lowest BCUT2D eigenvalue weighted by molar-refractivity contribution is -0.139. The Balaban J connectivity index is 1.93. The van der Waals surface area contributed by atoms with Crippen LogP contribution in [0.25, 0.3) is 6.08 Å². The number of hydrogen-bond donors (Lipinski definition) is 0. The maximum absolute atomic E-state index is 13.5. The molecule has 1 atom stereocenters. The van der Waals surface area contributed by atoms with Crippen LogP contribution >= 0.6 is 39.0 Å². The first-order valence-corrected chi connectivity index (χ1v) is 12.9. The van der Waals surface area contributed by atoms with Crippen molar-refractivity contribution in [2.75, 3.05) is 12.9 Å². The van der Waals surface area contributed by atoms with Gasteiger partial charge in [-0.25, -0.2) is 9.79 Å². The summed E-state index contributed by atoms with van der Waals surface area (Å²) in [6, 6.07) is 15.1. The Morgan fingerprint density at radius 3 is 2.53 bits per heavy atom. The second kappa shape index (κ2) is 9.60. The predicted octanol–water partition coefficient (Wildman–Crippen LogP) is 4.28. The maximum Gasteiger partial charge on any atom is 0.338 e. The summed E-state index contributed by atoms with van der Waals surface area (Å²) in [5.41, 5.74) is 2.55. The number of carbonyl (C=O) groups excluding carboxylic acids is 1. The van der Waals surface area contributed by atoms with Gasteiger partial charge in [0.1, 0.15) is 0 Å². The summed E-state index contributed by atoms with van der Waals surface area (Å²) in [4.78, 5) is 32.7. The van der Waals surface area contributed by atoms with Crippen LogP contribution in [0.5, 0.6) is 0 Å². The third-order valence-corrected chi connectivity index (χ3v) is 7.37. The van der Waals surface area contributed by atoms with Gasteiger partial charge in [-0.15, -0.1) is 11.8 Å². The van der Waals surface area contributed by atoms with Gasteiger partial charge in [0.05, 0.1) is 28.5 Å². The Morgan fingerprint density at radius 2 is 1.91 bits per heavy atom. The van der Waals surface area contributed by atoms with Gasteiger partial charge in [0.25, 0.3) is 5.56 Å². The van der Waals surface area contributed by atoms with E-state index in [0.717, 1.165) is 20.5 Å². The average molecular weight is 529 g/mol. The number of thioether (sulfide) groups is 1. The zero-order valence-electron chi connectivity index (χ0n) is 17.8. The molecule has 2 heterocycles. The average Bonchev–Trinajstić information content (AvgIpc) is 3.09. The highest BCUT2D eigenvalue weighted by molar-refractivity contribution is 9.10. The molecular formula is C24H21BrN2O3S2. The summed E-state index contributed by atoms with van der Waals surface area (Å²) in [7, 11) is 0. The standard InChI is InChI=1S/C24H21BrN2O3S2/c1-4-30-23(29)20-14(2)26-24-27(21(20)16-7-11-18(31-3)12-8-16)22(28)19(32-24)13-15-5-9-17(25)10-6-15/h5-13,21H,4H2,1-3H3/b19-13-. The van der Waals surface area contributed by atoms with Crippen LogP contribution < -0.4 is 14.9 Å². The first kappa shape index (κ1) is 22.8. The van der Waals surface area contributed by atoms with Crippen LogP contribution in [0.2, 0.25) is 0 Å². The van der Waals surface area contributed by atoms with Gasteiger partial charge in [-0.05, 0) is 61.6 Å². The van der Waals surface area contributed by atoms with Crippen LogP contribution in [0.3, 0.4) is 0 Å². The number of aromatic nitrogens is 1. The largest absolute Gasteiger partial charge is 0.463 e. The Hall–Kier alpha value is -2.42. The fourth-order valence-electron chi connectivity index (χ4n) is 3.60. The molecule has 0 fully saturated rings. The third-order valence-electron chi connectivity index (χ3n) is 5.12. The van der Waals surface area contributed by atoms with Crippen molar-refractivity contribution in [3.05, 3.63) is 95.1 Å². The smallest absolute Gasteiger partial charge is 0.338 e.